The van der Waals surface area contributed by atoms with Gasteiger partial charge in [0.15, 0.2) is 0 Å². The number of carboxylic acid groups (broad SMARTS) is 1. The smallest absolute Gasteiger partial charge is 0.325 e. The number of pyridine rings is 2. The van der Waals surface area contributed by atoms with Crippen LogP contribution in [0.4, 0.5) is 0 Å². The second-order valence-electron chi connectivity index (χ2n) is 7.28. The summed E-state index contributed by atoms with van der Waals surface area (Å²) >= 11 is 0. The number of aliphatic carboxylic acids is 1. The van der Waals surface area contributed by atoms with Crippen LogP contribution in [-0.2, 0) is 17.9 Å². The van der Waals surface area contributed by atoms with E-state index in [0.29, 0.717) is 12.4 Å². The molecule has 1 aromatic carbocycles. The maximum absolute atomic E-state index is 11.3. The van der Waals surface area contributed by atoms with E-state index in [1.54, 1.807) is 18.6 Å². The second kappa shape index (κ2) is 8.79. The maximum atomic E-state index is 11.3. The lowest BCUT2D eigenvalue weighted by Crippen LogP contribution is -2.11. The van der Waals surface area contributed by atoms with Crippen LogP contribution < -0.4 is 4.74 Å². The van der Waals surface area contributed by atoms with E-state index < -0.39 is 5.97 Å². The van der Waals surface area contributed by atoms with Gasteiger partial charge in [-0.05, 0) is 66.9 Å². The molecule has 0 bridgehead atoms. The van der Waals surface area contributed by atoms with E-state index in [9.17, 15) is 9.90 Å². The van der Waals surface area contributed by atoms with Crippen LogP contribution >= 0.6 is 0 Å². The largest absolute Gasteiger partial charge is 0.487 e. The number of ether oxygens (including phenoxy) is 1. The maximum Gasteiger partial charge on any atom is 0.325 e. The highest BCUT2D eigenvalue weighted by molar-refractivity contribution is 5.81. The number of rotatable bonds is 7. The Balaban J connectivity index is 1.61. The van der Waals surface area contributed by atoms with E-state index in [4.69, 9.17) is 4.74 Å². The van der Waals surface area contributed by atoms with Crippen LogP contribution in [0.25, 0.3) is 22.4 Å². The van der Waals surface area contributed by atoms with Crippen LogP contribution in [0, 0.1) is 13.8 Å². The van der Waals surface area contributed by atoms with E-state index in [2.05, 4.69) is 21.1 Å². The van der Waals surface area contributed by atoms with Gasteiger partial charge in [-0.15, -0.1) is 0 Å². The van der Waals surface area contributed by atoms with Crippen molar-refractivity contribution in [3.63, 3.8) is 0 Å². The van der Waals surface area contributed by atoms with Crippen LogP contribution in [0.2, 0.25) is 0 Å². The molecule has 0 unspecified atom stereocenters. The molecule has 3 aromatic heterocycles. The number of nitrogens with zero attached hydrogens (tertiary/aromatic N) is 4. The molecule has 4 aromatic rings. The standard InChI is InChI=1S/C24H22N4O3/c1-16-11-17(2)22(26-12-16)15-31-20-5-3-19(4-6-20)24-21(18-7-9-25-10-8-18)13-27-28(24)14-23(29)30/h3-13H,14-15H2,1-2H3,(H,29,30). The molecule has 31 heavy (non-hydrogen) atoms. The predicted molar refractivity (Wildman–Crippen MR) is 117 cm³/mol. The van der Waals surface area contributed by atoms with E-state index in [1.165, 1.54) is 4.68 Å². The molecule has 0 radical (unpaired) electrons. The predicted octanol–water partition coefficient (Wildman–Crippen LogP) is 4.29. The van der Waals surface area contributed by atoms with Gasteiger partial charge in [-0.1, -0.05) is 6.07 Å². The average Bonchev–Trinajstić information content (AvgIpc) is 3.17. The number of benzene rings is 1. The Hall–Kier alpha value is -4.00. The first kappa shape index (κ1) is 20.3. The summed E-state index contributed by atoms with van der Waals surface area (Å²) in [5, 5.41) is 13.6. The molecular formula is C24H22N4O3. The molecule has 0 saturated carbocycles. The van der Waals surface area contributed by atoms with E-state index >= 15 is 0 Å². The molecule has 1 N–H and O–H groups in total. The molecule has 0 aliphatic heterocycles. The van der Waals surface area contributed by atoms with Crippen LogP contribution in [0.3, 0.4) is 0 Å². The minimum atomic E-state index is -0.952. The molecule has 3 heterocycles. The number of aromatic nitrogens is 4. The molecular weight excluding hydrogens is 392 g/mol. The molecule has 0 atom stereocenters. The van der Waals surface area contributed by atoms with Gasteiger partial charge >= 0.3 is 5.97 Å². The van der Waals surface area contributed by atoms with Crippen LogP contribution in [0.1, 0.15) is 16.8 Å². The number of aryl methyl sites for hydroxylation is 2. The van der Waals surface area contributed by atoms with Gasteiger partial charge in [0.25, 0.3) is 0 Å². The second-order valence-corrected chi connectivity index (χ2v) is 7.28. The van der Waals surface area contributed by atoms with Crippen molar-refractivity contribution in [2.45, 2.75) is 27.0 Å². The molecule has 7 nitrogen and oxygen atoms in total. The van der Waals surface area contributed by atoms with E-state index in [0.717, 1.165) is 39.2 Å². The molecule has 0 saturated heterocycles. The summed E-state index contributed by atoms with van der Waals surface area (Å²) < 4.78 is 7.40. The molecule has 156 valence electrons. The van der Waals surface area contributed by atoms with E-state index in [-0.39, 0.29) is 6.54 Å². The summed E-state index contributed by atoms with van der Waals surface area (Å²) in [6.45, 7) is 4.19. The first-order valence-electron chi connectivity index (χ1n) is 9.84. The monoisotopic (exact) mass is 414 g/mol. The third-order valence-corrected chi connectivity index (χ3v) is 4.94. The lowest BCUT2D eigenvalue weighted by atomic mass is 10.0. The Kier molecular flexibility index (Phi) is 5.75. The molecule has 4 rings (SSSR count). The third-order valence-electron chi connectivity index (χ3n) is 4.94. The SMILES string of the molecule is Cc1cnc(COc2ccc(-c3c(-c4ccncc4)cnn3CC(=O)O)cc2)c(C)c1. The first-order chi connectivity index (χ1) is 15.0. The van der Waals surface area contributed by atoms with Crippen LogP contribution in [0.5, 0.6) is 5.75 Å². The number of hydrogen-bond acceptors (Lipinski definition) is 5. The van der Waals surface area contributed by atoms with Crippen molar-refractivity contribution in [1.82, 2.24) is 19.7 Å². The van der Waals surface area contributed by atoms with Gasteiger partial charge in [0.05, 0.1) is 17.6 Å². The summed E-state index contributed by atoms with van der Waals surface area (Å²) in [6.07, 6.45) is 6.92. The van der Waals surface area contributed by atoms with Crippen LogP contribution in [-0.4, -0.2) is 30.8 Å². The highest BCUT2D eigenvalue weighted by Gasteiger charge is 2.16. The Morgan fingerprint density at radius 2 is 1.77 bits per heavy atom. The third kappa shape index (κ3) is 4.61. The van der Waals surface area contributed by atoms with Crippen molar-refractivity contribution in [2.75, 3.05) is 0 Å². The zero-order valence-electron chi connectivity index (χ0n) is 17.3. The normalized spacial score (nSPS) is 10.8. The minimum Gasteiger partial charge on any atom is -0.487 e. The fourth-order valence-electron chi connectivity index (χ4n) is 3.44. The summed E-state index contributed by atoms with van der Waals surface area (Å²) in [5.74, 6) is -0.244. The fraction of sp³-hybridized carbons (Fsp3) is 0.167. The van der Waals surface area contributed by atoms with Gasteiger partial charge in [-0.25, -0.2) is 0 Å². The molecule has 0 spiro atoms. The first-order valence-corrected chi connectivity index (χ1v) is 9.84. The zero-order valence-corrected chi connectivity index (χ0v) is 17.3. The van der Waals surface area contributed by atoms with Crippen molar-refractivity contribution < 1.29 is 14.6 Å². The Bertz CT molecular complexity index is 1200. The highest BCUT2D eigenvalue weighted by atomic mass is 16.5. The lowest BCUT2D eigenvalue weighted by molar-refractivity contribution is -0.137. The van der Waals surface area contributed by atoms with Crippen molar-refractivity contribution in [3.05, 3.63) is 84.1 Å². The fourth-order valence-corrected chi connectivity index (χ4v) is 3.44. The van der Waals surface area contributed by atoms with Gasteiger partial charge in [0.2, 0.25) is 0 Å². The van der Waals surface area contributed by atoms with Gasteiger partial charge in [-0.3, -0.25) is 19.4 Å². The van der Waals surface area contributed by atoms with Crippen molar-refractivity contribution >= 4 is 5.97 Å². The zero-order chi connectivity index (χ0) is 21.8. The topological polar surface area (TPSA) is 90.1 Å². The minimum absolute atomic E-state index is 0.225. The highest BCUT2D eigenvalue weighted by Crippen LogP contribution is 2.33. The van der Waals surface area contributed by atoms with Gasteiger partial charge < -0.3 is 9.84 Å². The van der Waals surface area contributed by atoms with Crippen molar-refractivity contribution in [1.29, 1.82) is 0 Å². The molecule has 0 aliphatic carbocycles. The Morgan fingerprint density at radius 3 is 2.45 bits per heavy atom. The van der Waals surface area contributed by atoms with Gasteiger partial charge in [0.1, 0.15) is 18.9 Å². The summed E-state index contributed by atoms with van der Waals surface area (Å²) in [7, 11) is 0. The van der Waals surface area contributed by atoms with Crippen molar-refractivity contribution in [3.8, 4) is 28.1 Å². The van der Waals surface area contributed by atoms with E-state index in [1.807, 2.05) is 56.4 Å². The summed E-state index contributed by atoms with van der Waals surface area (Å²) in [4.78, 5) is 19.8. The number of carboxylic acids is 1. The molecule has 0 aliphatic rings. The Morgan fingerprint density at radius 1 is 1.03 bits per heavy atom. The summed E-state index contributed by atoms with van der Waals surface area (Å²) in [5.41, 5.74) is 6.46. The van der Waals surface area contributed by atoms with Crippen LogP contribution in [0.15, 0.2) is 67.3 Å². The molecule has 7 heteroatoms. The van der Waals surface area contributed by atoms with Gasteiger partial charge in [0, 0.05) is 29.7 Å². The van der Waals surface area contributed by atoms with Gasteiger partial charge in [-0.2, -0.15) is 5.10 Å². The quantitative estimate of drug-likeness (QED) is 0.485. The molecule has 0 amide bonds. The molecule has 0 fully saturated rings. The van der Waals surface area contributed by atoms with Crippen molar-refractivity contribution in [2.24, 2.45) is 0 Å². The summed E-state index contributed by atoms with van der Waals surface area (Å²) in [6, 6.07) is 13.4. The average molecular weight is 414 g/mol. The number of carbonyl (C=O) groups is 1. The Labute approximate surface area is 180 Å². The lowest BCUT2D eigenvalue weighted by Gasteiger charge is -2.11. The number of hydrogen-bond donors (Lipinski definition) is 1.